The van der Waals surface area contributed by atoms with Gasteiger partial charge in [-0.15, -0.1) is 0 Å². The molecule has 0 aromatic carbocycles. The van der Waals surface area contributed by atoms with E-state index in [1.165, 1.54) is 32.1 Å². The lowest BCUT2D eigenvalue weighted by Gasteiger charge is -2.20. The molecule has 0 radical (unpaired) electrons. The minimum Gasteiger partial charge on any atom is -0.480 e. The van der Waals surface area contributed by atoms with Gasteiger partial charge in [-0.2, -0.15) is 0 Å². The number of rotatable bonds is 29. The Hall–Kier alpha value is -3.06. The van der Waals surface area contributed by atoms with Crippen molar-refractivity contribution in [3.63, 3.8) is 0 Å². The quantitative estimate of drug-likeness (QED) is 0.0606. The molecule has 0 aliphatic carbocycles. The number of carbonyl (C=O) groups is 6. The summed E-state index contributed by atoms with van der Waals surface area (Å²) in [4.78, 5) is 70.4. The number of ketones is 1. The Morgan fingerprint density at radius 3 is 1.47 bits per heavy atom. The van der Waals surface area contributed by atoms with E-state index >= 15 is 0 Å². The van der Waals surface area contributed by atoms with Gasteiger partial charge < -0.3 is 38.7 Å². The summed E-state index contributed by atoms with van der Waals surface area (Å²) in [6.45, 7) is 0.641. The topological polar surface area (TPSA) is 251 Å². The van der Waals surface area contributed by atoms with Gasteiger partial charge in [0.15, 0.2) is 0 Å². The fourth-order valence-corrected chi connectivity index (χ4v) is 4.73. The normalized spacial score (nSPS) is 13.1. The van der Waals surface area contributed by atoms with Gasteiger partial charge in [-0.3, -0.25) is 24.0 Å². The number of carboxylic acids is 1. The summed E-state index contributed by atoms with van der Waals surface area (Å²) < 4.78 is 0. The lowest BCUT2D eigenvalue weighted by molar-refractivity contribution is -0.143. The average molecular weight is 613 g/mol. The fourth-order valence-electron chi connectivity index (χ4n) is 4.73. The number of primary amides is 2. The Kier molecular flexibility index (Phi) is 23.6. The van der Waals surface area contributed by atoms with Crippen molar-refractivity contribution in [3.8, 4) is 0 Å². The van der Waals surface area contributed by atoms with Gasteiger partial charge in [0.1, 0.15) is 17.9 Å². The number of aliphatic carboxylic acids is 1. The zero-order chi connectivity index (χ0) is 32.5. The molecule has 0 aliphatic rings. The number of nitrogens with two attached hydrogens (primary N) is 4. The Labute approximate surface area is 256 Å². The molecule has 0 aromatic heterocycles. The standard InChI is InChI=1S/C30H56N6O7/c31-19-15-14-16-22(32)25(37)17-12-10-8-6-4-2-1-3-5-7-9-11-13-18-28(40)35-23(20-26(33)38)29(41)36-24(30(42)43)21-27(34)39/h22-24H,1-21,31-32H2,(H2,33,38)(H2,34,39)(H,35,40)(H,36,41)(H,42,43)/t22-,23-,24-/m0/s1. The van der Waals surface area contributed by atoms with Crippen molar-refractivity contribution in [1.29, 1.82) is 0 Å². The van der Waals surface area contributed by atoms with Crippen molar-refractivity contribution in [1.82, 2.24) is 10.6 Å². The van der Waals surface area contributed by atoms with Gasteiger partial charge in [0.25, 0.3) is 0 Å². The van der Waals surface area contributed by atoms with Crippen molar-refractivity contribution in [2.45, 2.75) is 147 Å². The van der Waals surface area contributed by atoms with Gasteiger partial charge in [0.05, 0.1) is 18.9 Å². The van der Waals surface area contributed by atoms with Crippen LogP contribution in [0.4, 0.5) is 0 Å². The van der Waals surface area contributed by atoms with E-state index in [1.54, 1.807) is 0 Å². The van der Waals surface area contributed by atoms with Crippen LogP contribution in [0.25, 0.3) is 0 Å². The van der Waals surface area contributed by atoms with Crippen LogP contribution in [0.5, 0.6) is 0 Å². The van der Waals surface area contributed by atoms with Crippen molar-refractivity contribution in [2.75, 3.05) is 6.54 Å². The van der Waals surface area contributed by atoms with Gasteiger partial charge in [-0.05, 0) is 32.2 Å². The molecule has 0 spiro atoms. The molecule has 4 amide bonds. The highest BCUT2D eigenvalue weighted by Gasteiger charge is 2.28. The first kappa shape index (κ1) is 39.9. The Balaban J connectivity index is 3.89. The average Bonchev–Trinajstić information content (AvgIpc) is 2.93. The second kappa shape index (κ2) is 25.4. The fraction of sp³-hybridized carbons (Fsp3) is 0.800. The van der Waals surface area contributed by atoms with E-state index in [2.05, 4.69) is 10.6 Å². The minimum atomic E-state index is -1.58. The molecular weight excluding hydrogens is 556 g/mol. The zero-order valence-electron chi connectivity index (χ0n) is 25.8. The van der Waals surface area contributed by atoms with Crippen LogP contribution in [0.3, 0.4) is 0 Å². The third-order valence-electron chi connectivity index (χ3n) is 7.29. The maximum atomic E-state index is 12.4. The molecule has 0 saturated carbocycles. The van der Waals surface area contributed by atoms with Crippen molar-refractivity contribution in [3.05, 3.63) is 0 Å². The molecule has 0 aliphatic heterocycles. The molecule has 13 heteroatoms. The van der Waals surface area contributed by atoms with Crippen LogP contribution < -0.4 is 33.6 Å². The molecule has 0 bridgehead atoms. The maximum Gasteiger partial charge on any atom is 0.326 e. The van der Waals surface area contributed by atoms with Crippen LogP contribution in [0, 0.1) is 0 Å². The van der Waals surface area contributed by atoms with Crippen LogP contribution in [-0.2, 0) is 28.8 Å². The van der Waals surface area contributed by atoms with E-state index in [4.69, 9.17) is 28.0 Å². The molecule has 0 saturated heterocycles. The summed E-state index contributed by atoms with van der Waals surface area (Å²) in [7, 11) is 0. The second-order valence-electron chi connectivity index (χ2n) is 11.3. The van der Waals surface area contributed by atoms with Gasteiger partial charge in [0.2, 0.25) is 23.6 Å². The highest BCUT2D eigenvalue weighted by atomic mass is 16.4. The van der Waals surface area contributed by atoms with Gasteiger partial charge >= 0.3 is 5.97 Å². The third kappa shape index (κ3) is 23.1. The number of nitrogens with one attached hydrogen (secondary N) is 2. The number of hydrogen-bond donors (Lipinski definition) is 7. The summed E-state index contributed by atoms with van der Waals surface area (Å²) in [5, 5.41) is 13.7. The largest absolute Gasteiger partial charge is 0.480 e. The molecule has 0 heterocycles. The van der Waals surface area contributed by atoms with Crippen molar-refractivity contribution >= 4 is 35.4 Å². The number of carbonyl (C=O) groups excluding carboxylic acids is 5. The van der Waals surface area contributed by atoms with E-state index in [-0.39, 0.29) is 18.2 Å². The van der Waals surface area contributed by atoms with Gasteiger partial charge in [0, 0.05) is 12.8 Å². The third-order valence-corrected chi connectivity index (χ3v) is 7.29. The molecule has 248 valence electrons. The van der Waals surface area contributed by atoms with Gasteiger partial charge in [-0.25, -0.2) is 4.79 Å². The Bertz CT molecular complexity index is 855. The van der Waals surface area contributed by atoms with Crippen molar-refractivity contribution in [2.24, 2.45) is 22.9 Å². The predicted molar refractivity (Wildman–Crippen MR) is 164 cm³/mol. The molecule has 3 atom stereocenters. The zero-order valence-corrected chi connectivity index (χ0v) is 25.8. The Morgan fingerprint density at radius 1 is 0.581 bits per heavy atom. The Morgan fingerprint density at radius 2 is 1.02 bits per heavy atom. The molecular formula is C30H56N6O7. The maximum absolute atomic E-state index is 12.4. The number of unbranched alkanes of at least 4 members (excludes halogenated alkanes) is 13. The van der Waals surface area contributed by atoms with Crippen LogP contribution in [0.2, 0.25) is 0 Å². The highest BCUT2D eigenvalue weighted by Crippen LogP contribution is 2.14. The number of Topliss-reactive ketones (excluding diaryl/α,β-unsaturated/α-hetero) is 1. The monoisotopic (exact) mass is 612 g/mol. The number of amides is 4. The first-order valence-corrected chi connectivity index (χ1v) is 15.8. The molecule has 0 rings (SSSR count). The van der Waals surface area contributed by atoms with Crippen LogP contribution in [-0.4, -0.2) is 65.2 Å². The summed E-state index contributed by atoms with van der Waals surface area (Å²) >= 11 is 0. The summed E-state index contributed by atoms with van der Waals surface area (Å²) in [6, 6.07) is -3.26. The van der Waals surface area contributed by atoms with Crippen LogP contribution in [0.1, 0.15) is 128 Å². The highest BCUT2D eigenvalue weighted by molar-refractivity contribution is 5.94. The number of carboxylic acid groups (broad SMARTS) is 1. The SMILES string of the molecule is NCCCC[C@H](N)C(=O)CCCCCCCCCCCCCCCC(=O)N[C@@H](CC(N)=O)C(=O)N[C@@H](CC(N)=O)C(=O)O. The minimum absolute atomic E-state index is 0.155. The van der Waals surface area contributed by atoms with Crippen molar-refractivity contribution < 1.29 is 33.9 Å². The predicted octanol–water partition coefficient (Wildman–Crippen LogP) is 1.67. The van der Waals surface area contributed by atoms with E-state index in [1.807, 2.05) is 0 Å². The lowest BCUT2D eigenvalue weighted by atomic mass is 10.0. The molecule has 11 N–H and O–H groups in total. The first-order valence-electron chi connectivity index (χ1n) is 15.8. The van der Waals surface area contributed by atoms with E-state index < -0.39 is 54.5 Å². The summed E-state index contributed by atoms with van der Waals surface area (Å²) in [5.41, 5.74) is 21.6. The van der Waals surface area contributed by atoms with E-state index in [0.717, 1.165) is 64.2 Å². The van der Waals surface area contributed by atoms with E-state index in [9.17, 15) is 28.8 Å². The molecule has 43 heavy (non-hydrogen) atoms. The van der Waals surface area contributed by atoms with Gasteiger partial charge in [-0.1, -0.05) is 77.0 Å². The molecule has 0 fully saturated rings. The number of hydrogen-bond acceptors (Lipinski definition) is 8. The first-order chi connectivity index (χ1) is 20.5. The molecule has 13 nitrogen and oxygen atoms in total. The van der Waals surface area contributed by atoms with Crippen LogP contribution in [0.15, 0.2) is 0 Å². The van der Waals surface area contributed by atoms with E-state index in [0.29, 0.717) is 19.4 Å². The summed E-state index contributed by atoms with van der Waals surface area (Å²) in [6.07, 6.45) is 15.9. The summed E-state index contributed by atoms with van der Waals surface area (Å²) in [5.74, 6) is -4.44. The molecule has 0 unspecified atom stereocenters. The molecule has 0 aromatic rings. The smallest absolute Gasteiger partial charge is 0.326 e. The second-order valence-corrected chi connectivity index (χ2v) is 11.3. The van der Waals surface area contributed by atoms with Crippen LogP contribution >= 0.6 is 0 Å². The lowest BCUT2D eigenvalue weighted by Crippen LogP contribution is -2.53.